The number of urea groups is 1. The van der Waals surface area contributed by atoms with Crippen molar-refractivity contribution in [2.24, 2.45) is 0 Å². The predicted molar refractivity (Wildman–Crippen MR) is 91.2 cm³/mol. The highest BCUT2D eigenvalue weighted by Gasteiger charge is 2.23. The fourth-order valence-electron chi connectivity index (χ4n) is 2.80. The molecule has 0 aromatic carbocycles. The van der Waals surface area contributed by atoms with Gasteiger partial charge in [0, 0.05) is 37.7 Å². The molecule has 1 saturated heterocycles. The molecular formula is C16H20N6O2. The van der Waals surface area contributed by atoms with Crippen molar-refractivity contribution in [1.29, 1.82) is 0 Å². The summed E-state index contributed by atoms with van der Waals surface area (Å²) in [4.78, 5) is 36.7. The Morgan fingerprint density at radius 1 is 1.42 bits per heavy atom. The van der Waals surface area contributed by atoms with E-state index in [0.717, 1.165) is 24.9 Å². The van der Waals surface area contributed by atoms with Gasteiger partial charge in [0.15, 0.2) is 5.82 Å². The maximum Gasteiger partial charge on any atom is 0.319 e. The molecule has 8 heteroatoms. The molecule has 0 radical (unpaired) electrons. The number of piperidine rings is 1. The molecule has 3 N–H and O–H groups in total. The second-order valence-corrected chi connectivity index (χ2v) is 5.82. The van der Waals surface area contributed by atoms with Crippen molar-refractivity contribution in [2.75, 3.05) is 23.3 Å². The van der Waals surface area contributed by atoms with Crippen molar-refractivity contribution in [3.63, 3.8) is 0 Å². The van der Waals surface area contributed by atoms with Crippen LogP contribution in [0.25, 0.3) is 0 Å². The third kappa shape index (κ3) is 3.70. The Morgan fingerprint density at radius 3 is 3.08 bits per heavy atom. The molecule has 1 aliphatic rings. The maximum atomic E-state index is 12.2. The number of anilines is 2. The molecule has 2 aromatic heterocycles. The van der Waals surface area contributed by atoms with Crippen LogP contribution < -0.4 is 21.1 Å². The van der Waals surface area contributed by atoms with Gasteiger partial charge >= 0.3 is 6.03 Å². The summed E-state index contributed by atoms with van der Waals surface area (Å²) in [5, 5.41) is 5.76. The smallest absolute Gasteiger partial charge is 0.319 e. The number of pyridine rings is 1. The number of aromatic amines is 1. The van der Waals surface area contributed by atoms with E-state index in [1.165, 1.54) is 6.20 Å². The van der Waals surface area contributed by atoms with Gasteiger partial charge in [0.2, 0.25) is 0 Å². The molecule has 3 heterocycles. The number of aryl methyl sites for hydroxylation is 1. The molecule has 2 aromatic rings. The summed E-state index contributed by atoms with van der Waals surface area (Å²) in [5.41, 5.74) is 1.42. The number of hydrogen-bond acceptors (Lipinski definition) is 5. The van der Waals surface area contributed by atoms with E-state index in [9.17, 15) is 9.59 Å². The quantitative estimate of drug-likeness (QED) is 0.787. The predicted octanol–water partition coefficient (Wildman–Crippen LogP) is 1.26. The zero-order valence-corrected chi connectivity index (χ0v) is 13.5. The number of aromatic nitrogens is 3. The average molecular weight is 328 g/mol. The van der Waals surface area contributed by atoms with Crippen LogP contribution in [0.4, 0.5) is 16.3 Å². The Kier molecular flexibility index (Phi) is 4.74. The Bertz CT molecular complexity index is 775. The number of H-pyrrole nitrogens is 1. The Morgan fingerprint density at radius 2 is 2.29 bits per heavy atom. The minimum atomic E-state index is -0.270. The van der Waals surface area contributed by atoms with Gasteiger partial charge in [-0.05, 0) is 31.4 Å². The van der Waals surface area contributed by atoms with E-state index in [0.29, 0.717) is 18.1 Å². The van der Waals surface area contributed by atoms with E-state index in [-0.39, 0.29) is 17.6 Å². The summed E-state index contributed by atoms with van der Waals surface area (Å²) in [6.07, 6.45) is 8.12. The first-order chi connectivity index (χ1) is 11.6. The molecule has 126 valence electrons. The summed E-state index contributed by atoms with van der Waals surface area (Å²) >= 11 is 0. The number of carbonyl (C=O) groups is 1. The lowest BCUT2D eigenvalue weighted by atomic mass is 10.1. The average Bonchev–Trinajstić information content (AvgIpc) is 2.57. The second kappa shape index (κ2) is 7.12. The summed E-state index contributed by atoms with van der Waals surface area (Å²) in [6, 6.07) is 1.52. The van der Waals surface area contributed by atoms with Crippen LogP contribution in [-0.2, 0) is 0 Å². The topological polar surface area (TPSA) is 103 Å². The number of rotatable bonds is 3. The zero-order valence-electron chi connectivity index (χ0n) is 13.5. The summed E-state index contributed by atoms with van der Waals surface area (Å²) in [5.74, 6) is 0.396. The highest BCUT2D eigenvalue weighted by molar-refractivity contribution is 5.90. The van der Waals surface area contributed by atoms with Gasteiger partial charge in [-0.15, -0.1) is 0 Å². The van der Waals surface area contributed by atoms with Crippen LogP contribution in [0.2, 0.25) is 0 Å². The Balaban J connectivity index is 1.61. The van der Waals surface area contributed by atoms with Gasteiger partial charge in [-0.25, -0.2) is 9.78 Å². The fourth-order valence-corrected chi connectivity index (χ4v) is 2.80. The number of carbonyl (C=O) groups excluding carboxylic acids is 1. The normalized spacial score (nSPS) is 17.4. The van der Waals surface area contributed by atoms with Gasteiger partial charge in [0.05, 0.1) is 11.9 Å². The number of nitrogens with one attached hydrogen (secondary N) is 3. The number of amides is 2. The number of nitrogens with zero attached hydrogens (tertiary/aromatic N) is 3. The van der Waals surface area contributed by atoms with Crippen LogP contribution in [0, 0.1) is 6.92 Å². The van der Waals surface area contributed by atoms with Gasteiger partial charge < -0.3 is 20.5 Å². The van der Waals surface area contributed by atoms with Crippen LogP contribution in [0.15, 0.2) is 35.6 Å². The largest absolute Gasteiger partial charge is 0.350 e. The number of hydrogen-bond donors (Lipinski definition) is 3. The van der Waals surface area contributed by atoms with E-state index < -0.39 is 0 Å². The van der Waals surface area contributed by atoms with E-state index >= 15 is 0 Å². The molecule has 0 unspecified atom stereocenters. The highest BCUT2D eigenvalue weighted by Crippen LogP contribution is 2.15. The third-order valence-corrected chi connectivity index (χ3v) is 4.03. The van der Waals surface area contributed by atoms with E-state index in [1.807, 2.05) is 17.9 Å². The zero-order chi connectivity index (χ0) is 16.9. The van der Waals surface area contributed by atoms with E-state index in [4.69, 9.17) is 0 Å². The van der Waals surface area contributed by atoms with Crippen LogP contribution in [0.3, 0.4) is 0 Å². The maximum absolute atomic E-state index is 12.2. The van der Waals surface area contributed by atoms with Crippen LogP contribution >= 0.6 is 0 Å². The summed E-state index contributed by atoms with van der Waals surface area (Å²) in [6.45, 7) is 3.22. The van der Waals surface area contributed by atoms with Crippen LogP contribution in [-0.4, -0.2) is 40.1 Å². The lowest BCUT2D eigenvalue weighted by Crippen LogP contribution is -2.50. The van der Waals surface area contributed by atoms with Crippen LogP contribution in [0.5, 0.6) is 0 Å². The third-order valence-electron chi connectivity index (χ3n) is 4.03. The minimum Gasteiger partial charge on any atom is -0.350 e. The second-order valence-electron chi connectivity index (χ2n) is 5.82. The molecular weight excluding hydrogens is 308 g/mol. The fraction of sp³-hybridized carbons (Fsp3) is 0.375. The van der Waals surface area contributed by atoms with E-state index in [1.54, 1.807) is 18.6 Å². The molecule has 3 rings (SSSR count). The Labute approximate surface area is 139 Å². The molecule has 0 saturated carbocycles. The van der Waals surface area contributed by atoms with Gasteiger partial charge in [-0.2, -0.15) is 0 Å². The molecule has 8 nitrogen and oxygen atoms in total. The monoisotopic (exact) mass is 328 g/mol. The standard InChI is InChI=1S/C16H20N6O2/c1-11-4-5-17-9-13(11)21-16(24)20-12-3-2-8-22(10-12)14-15(23)19-7-6-18-14/h4-7,9,12H,2-3,8,10H2,1H3,(H,19,23)(H2,20,21,24)/t12-/m0/s1. The molecule has 0 spiro atoms. The summed E-state index contributed by atoms with van der Waals surface area (Å²) in [7, 11) is 0. The van der Waals surface area contributed by atoms with Gasteiger partial charge in [-0.3, -0.25) is 9.78 Å². The molecule has 1 aliphatic heterocycles. The molecule has 0 aliphatic carbocycles. The first-order valence-corrected chi connectivity index (χ1v) is 7.90. The molecule has 1 fully saturated rings. The first-order valence-electron chi connectivity index (χ1n) is 7.90. The van der Waals surface area contributed by atoms with Crippen molar-refractivity contribution in [1.82, 2.24) is 20.3 Å². The first kappa shape index (κ1) is 16.0. The SMILES string of the molecule is Cc1ccncc1NC(=O)N[C@H]1CCCN(c2ncc[nH]c2=O)C1. The van der Waals surface area contributed by atoms with Crippen molar-refractivity contribution >= 4 is 17.5 Å². The van der Waals surface area contributed by atoms with Gasteiger partial charge in [0.1, 0.15) is 0 Å². The molecule has 0 bridgehead atoms. The van der Waals surface area contributed by atoms with Crippen molar-refractivity contribution in [2.45, 2.75) is 25.8 Å². The van der Waals surface area contributed by atoms with Crippen molar-refractivity contribution in [3.05, 3.63) is 46.8 Å². The lowest BCUT2D eigenvalue weighted by Gasteiger charge is -2.33. The van der Waals surface area contributed by atoms with Gasteiger partial charge in [0.25, 0.3) is 5.56 Å². The van der Waals surface area contributed by atoms with E-state index in [2.05, 4.69) is 25.6 Å². The highest BCUT2D eigenvalue weighted by atomic mass is 16.2. The van der Waals surface area contributed by atoms with Crippen LogP contribution in [0.1, 0.15) is 18.4 Å². The van der Waals surface area contributed by atoms with Crippen molar-refractivity contribution in [3.8, 4) is 0 Å². The lowest BCUT2D eigenvalue weighted by molar-refractivity contribution is 0.246. The molecule has 2 amide bonds. The molecule has 1 atom stereocenters. The van der Waals surface area contributed by atoms with Gasteiger partial charge in [-0.1, -0.05) is 0 Å². The minimum absolute atomic E-state index is 0.0443. The molecule has 24 heavy (non-hydrogen) atoms. The Hall–Kier alpha value is -2.90. The summed E-state index contributed by atoms with van der Waals surface area (Å²) < 4.78 is 0. The van der Waals surface area contributed by atoms with Crippen molar-refractivity contribution < 1.29 is 4.79 Å².